The molecule has 16 heavy (non-hydrogen) atoms. The number of hydrogen-bond donors (Lipinski definition) is 1. The molecular formula is C11H17N3O2. The van der Waals surface area contributed by atoms with Gasteiger partial charge in [-0.25, -0.2) is 9.97 Å². The first-order valence-corrected chi connectivity index (χ1v) is 5.55. The SMILES string of the molecule is C[C@@H]1CNC[C@H]([C@@H](C)Oc2ncccn2)O1. The van der Waals surface area contributed by atoms with Crippen LogP contribution in [0.15, 0.2) is 18.5 Å². The van der Waals surface area contributed by atoms with Crippen molar-refractivity contribution < 1.29 is 9.47 Å². The van der Waals surface area contributed by atoms with Crippen LogP contribution in [0.1, 0.15) is 13.8 Å². The number of aromatic nitrogens is 2. The number of rotatable bonds is 3. The van der Waals surface area contributed by atoms with E-state index in [-0.39, 0.29) is 18.3 Å². The van der Waals surface area contributed by atoms with Gasteiger partial charge in [0.15, 0.2) is 0 Å². The maximum absolute atomic E-state index is 5.78. The van der Waals surface area contributed by atoms with Crippen LogP contribution in [0.5, 0.6) is 6.01 Å². The first kappa shape index (κ1) is 11.3. The Kier molecular flexibility index (Phi) is 3.69. The molecule has 1 saturated heterocycles. The smallest absolute Gasteiger partial charge is 0.316 e. The zero-order chi connectivity index (χ0) is 11.4. The molecule has 0 unspecified atom stereocenters. The molecular weight excluding hydrogens is 206 g/mol. The summed E-state index contributed by atoms with van der Waals surface area (Å²) in [5, 5.41) is 3.31. The van der Waals surface area contributed by atoms with E-state index >= 15 is 0 Å². The Bertz CT molecular complexity index is 320. The highest BCUT2D eigenvalue weighted by molar-refractivity contribution is 4.95. The third-order valence-electron chi connectivity index (χ3n) is 2.54. The van der Waals surface area contributed by atoms with Gasteiger partial charge in [-0.15, -0.1) is 0 Å². The lowest BCUT2D eigenvalue weighted by molar-refractivity contribution is -0.0765. The molecule has 0 bridgehead atoms. The van der Waals surface area contributed by atoms with Crippen molar-refractivity contribution in [1.29, 1.82) is 0 Å². The first-order valence-electron chi connectivity index (χ1n) is 5.55. The molecule has 0 spiro atoms. The van der Waals surface area contributed by atoms with E-state index in [2.05, 4.69) is 15.3 Å². The molecule has 1 fully saturated rings. The lowest BCUT2D eigenvalue weighted by atomic mass is 10.2. The predicted octanol–water partition coefficient (Wildman–Crippen LogP) is 0.621. The number of hydrogen-bond acceptors (Lipinski definition) is 5. The molecule has 5 nitrogen and oxygen atoms in total. The lowest BCUT2D eigenvalue weighted by Gasteiger charge is -2.32. The Morgan fingerprint density at radius 3 is 2.88 bits per heavy atom. The van der Waals surface area contributed by atoms with Crippen molar-refractivity contribution in [3.8, 4) is 6.01 Å². The van der Waals surface area contributed by atoms with Crippen LogP contribution < -0.4 is 10.1 Å². The number of ether oxygens (including phenoxy) is 2. The molecule has 5 heteroatoms. The van der Waals surface area contributed by atoms with Crippen LogP contribution in [0.25, 0.3) is 0 Å². The summed E-state index contributed by atoms with van der Waals surface area (Å²) in [6.45, 7) is 5.72. The number of morpholine rings is 1. The fraction of sp³-hybridized carbons (Fsp3) is 0.636. The summed E-state index contributed by atoms with van der Waals surface area (Å²) in [7, 11) is 0. The average molecular weight is 223 g/mol. The molecule has 1 aliphatic rings. The highest BCUT2D eigenvalue weighted by Crippen LogP contribution is 2.11. The van der Waals surface area contributed by atoms with Gasteiger partial charge in [0.25, 0.3) is 0 Å². The molecule has 0 saturated carbocycles. The molecule has 0 aliphatic carbocycles. The van der Waals surface area contributed by atoms with Crippen molar-refractivity contribution in [1.82, 2.24) is 15.3 Å². The van der Waals surface area contributed by atoms with Gasteiger partial charge in [-0.05, 0) is 19.9 Å². The van der Waals surface area contributed by atoms with E-state index in [1.54, 1.807) is 18.5 Å². The molecule has 0 radical (unpaired) electrons. The second-order valence-electron chi connectivity index (χ2n) is 4.00. The van der Waals surface area contributed by atoms with Crippen molar-refractivity contribution in [2.75, 3.05) is 13.1 Å². The molecule has 0 aromatic carbocycles. The topological polar surface area (TPSA) is 56.3 Å². The van der Waals surface area contributed by atoms with Crippen LogP contribution in [0.2, 0.25) is 0 Å². The fourth-order valence-corrected chi connectivity index (χ4v) is 1.69. The van der Waals surface area contributed by atoms with Crippen LogP contribution in [-0.2, 0) is 4.74 Å². The molecule has 2 heterocycles. The molecule has 88 valence electrons. The molecule has 0 amide bonds. The van der Waals surface area contributed by atoms with Crippen molar-refractivity contribution in [3.05, 3.63) is 18.5 Å². The summed E-state index contributed by atoms with van der Waals surface area (Å²) in [6.07, 6.45) is 3.54. The molecule has 1 N–H and O–H groups in total. The molecule has 1 aromatic rings. The van der Waals surface area contributed by atoms with Crippen LogP contribution in [0, 0.1) is 0 Å². The number of nitrogens with zero attached hydrogens (tertiary/aromatic N) is 2. The van der Waals surface area contributed by atoms with Gasteiger partial charge in [-0.2, -0.15) is 0 Å². The van der Waals surface area contributed by atoms with Crippen LogP contribution in [-0.4, -0.2) is 41.4 Å². The van der Waals surface area contributed by atoms with E-state index in [9.17, 15) is 0 Å². The second kappa shape index (κ2) is 5.23. The zero-order valence-electron chi connectivity index (χ0n) is 9.59. The first-order chi connectivity index (χ1) is 7.75. The van der Waals surface area contributed by atoms with Crippen molar-refractivity contribution in [2.45, 2.75) is 32.2 Å². The third-order valence-corrected chi connectivity index (χ3v) is 2.54. The number of nitrogens with one attached hydrogen (secondary N) is 1. The van der Waals surface area contributed by atoms with E-state index < -0.39 is 0 Å². The van der Waals surface area contributed by atoms with E-state index in [0.717, 1.165) is 13.1 Å². The Morgan fingerprint density at radius 2 is 2.19 bits per heavy atom. The minimum absolute atomic E-state index is 0.0487. The van der Waals surface area contributed by atoms with Crippen molar-refractivity contribution in [3.63, 3.8) is 0 Å². The minimum atomic E-state index is -0.0577. The van der Waals surface area contributed by atoms with Gasteiger partial charge in [0, 0.05) is 25.5 Å². The predicted molar refractivity (Wildman–Crippen MR) is 59.3 cm³/mol. The van der Waals surface area contributed by atoms with E-state index in [1.165, 1.54) is 0 Å². The van der Waals surface area contributed by atoms with Crippen LogP contribution in [0.3, 0.4) is 0 Å². The highest BCUT2D eigenvalue weighted by Gasteiger charge is 2.25. The summed E-state index contributed by atoms with van der Waals surface area (Å²) >= 11 is 0. The second-order valence-corrected chi connectivity index (χ2v) is 4.00. The summed E-state index contributed by atoms with van der Waals surface area (Å²) in [6, 6.07) is 2.16. The van der Waals surface area contributed by atoms with Gasteiger partial charge in [-0.3, -0.25) is 0 Å². The van der Waals surface area contributed by atoms with Gasteiger partial charge < -0.3 is 14.8 Å². The summed E-state index contributed by atoms with van der Waals surface area (Å²) in [5.41, 5.74) is 0. The van der Waals surface area contributed by atoms with Crippen LogP contribution in [0.4, 0.5) is 0 Å². The van der Waals surface area contributed by atoms with Gasteiger partial charge in [0.05, 0.1) is 6.10 Å². The minimum Gasteiger partial charge on any atom is -0.458 e. The van der Waals surface area contributed by atoms with E-state index in [0.29, 0.717) is 6.01 Å². The maximum atomic E-state index is 5.78. The Hall–Kier alpha value is -1.20. The van der Waals surface area contributed by atoms with Gasteiger partial charge in [0.2, 0.25) is 0 Å². The zero-order valence-corrected chi connectivity index (χ0v) is 9.59. The highest BCUT2D eigenvalue weighted by atomic mass is 16.6. The summed E-state index contributed by atoms with van der Waals surface area (Å²) < 4.78 is 11.4. The Balaban J connectivity index is 1.90. The quantitative estimate of drug-likeness (QED) is 0.814. The van der Waals surface area contributed by atoms with E-state index in [4.69, 9.17) is 9.47 Å². The average Bonchev–Trinajstić information content (AvgIpc) is 2.30. The van der Waals surface area contributed by atoms with Gasteiger partial charge >= 0.3 is 6.01 Å². The normalized spacial score (nSPS) is 27.4. The summed E-state index contributed by atoms with van der Waals surface area (Å²) in [4.78, 5) is 8.05. The fourth-order valence-electron chi connectivity index (χ4n) is 1.69. The summed E-state index contributed by atoms with van der Waals surface area (Å²) in [5.74, 6) is 0. The monoisotopic (exact) mass is 223 g/mol. The molecule has 2 rings (SSSR count). The lowest BCUT2D eigenvalue weighted by Crippen LogP contribution is -2.49. The molecule has 1 aliphatic heterocycles. The van der Waals surface area contributed by atoms with Crippen LogP contribution >= 0.6 is 0 Å². The van der Waals surface area contributed by atoms with Crippen molar-refractivity contribution >= 4 is 0 Å². The Morgan fingerprint density at radius 1 is 1.44 bits per heavy atom. The Labute approximate surface area is 95.2 Å². The van der Waals surface area contributed by atoms with Gasteiger partial charge in [-0.1, -0.05) is 0 Å². The van der Waals surface area contributed by atoms with Crippen molar-refractivity contribution in [2.24, 2.45) is 0 Å². The standard InChI is InChI=1S/C11H17N3O2/c1-8-6-12-7-10(15-8)9(2)16-11-13-4-3-5-14-11/h3-5,8-10,12H,6-7H2,1-2H3/t8-,9-,10-/m1/s1. The molecule has 1 aromatic heterocycles. The van der Waals surface area contributed by atoms with Gasteiger partial charge in [0.1, 0.15) is 12.2 Å². The molecule has 3 atom stereocenters. The third kappa shape index (κ3) is 2.90. The largest absolute Gasteiger partial charge is 0.458 e. The maximum Gasteiger partial charge on any atom is 0.316 e. The van der Waals surface area contributed by atoms with E-state index in [1.807, 2.05) is 13.8 Å².